The van der Waals surface area contributed by atoms with E-state index in [0.29, 0.717) is 16.5 Å². The molecule has 0 unspecified atom stereocenters. The molecule has 0 bridgehead atoms. The van der Waals surface area contributed by atoms with Crippen LogP contribution in [-0.4, -0.2) is 11.9 Å². The van der Waals surface area contributed by atoms with Crippen LogP contribution in [0.4, 0.5) is 0 Å². The molecule has 0 aliphatic carbocycles. The second-order valence-electron chi connectivity index (χ2n) is 3.79. The summed E-state index contributed by atoms with van der Waals surface area (Å²) < 4.78 is 4.63. The van der Waals surface area contributed by atoms with Crippen molar-refractivity contribution in [1.29, 1.82) is 0 Å². The predicted molar refractivity (Wildman–Crippen MR) is 69.6 cm³/mol. The lowest BCUT2D eigenvalue weighted by molar-refractivity contribution is 0.0391. The third-order valence-electron chi connectivity index (χ3n) is 2.53. The third kappa shape index (κ3) is 1.91. The normalized spacial score (nSPS) is 12.5. The van der Waals surface area contributed by atoms with Crippen molar-refractivity contribution in [1.82, 2.24) is 0 Å². The standard InChI is InChI=1S/C12H6O3.C3H6/c13-11-8-5-1-3-7-4-2-6-9(10(7)8)12(14)15-11;1-3-2/h1-6H;3H,1H2,2H3. The Balaban J connectivity index is 0.000000367. The van der Waals surface area contributed by atoms with Gasteiger partial charge in [0.2, 0.25) is 0 Å². The van der Waals surface area contributed by atoms with Gasteiger partial charge in [0.1, 0.15) is 0 Å². The number of allylic oxidation sites excluding steroid dienone is 1. The number of esters is 2. The van der Waals surface area contributed by atoms with Crippen LogP contribution in [0.15, 0.2) is 49.1 Å². The zero-order valence-corrected chi connectivity index (χ0v) is 9.97. The van der Waals surface area contributed by atoms with Gasteiger partial charge in [-0.15, -0.1) is 6.58 Å². The summed E-state index contributed by atoms with van der Waals surface area (Å²) in [7, 11) is 0. The average molecular weight is 240 g/mol. The highest BCUT2D eigenvalue weighted by molar-refractivity contribution is 6.20. The van der Waals surface area contributed by atoms with E-state index in [-0.39, 0.29) is 0 Å². The van der Waals surface area contributed by atoms with E-state index in [4.69, 9.17) is 0 Å². The lowest BCUT2D eigenvalue weighted by atomic mass is 9.97. The Hall–Kier alpha value is -2.42. The van der Waals surface area contributed by atoms with E-state index >= 15 is 0 Å². The van der Waals surface area contributed by atoms with Gasteiger partial charge in [-0.25, -0.2) is 9.59 Å². The summed E-state index contributed by atoms with van der Waals surface area (Å²) in [4.78, 5) is 22.9. The van der Waals surface area contributed by atoms with Crippen molar-refractivity contribution in [3.63, 3.8) is 0 Å². The van der Waals surface area contributed by atoms with Crippen LogP contribution < -0.4 is 0 Å². The molecule has 0 N–H and O–H groups in total. The summed E-state index contributed by atoms with van der Waals surface area (Å²) in [6, 6.07) is 10.6. The molecule has 0 atom stereocenters. The van der Waals surface area contributed by atoms with Gasteiger partial charge in [-0.1, -0.05) is 30.3 Å². The average Bonchev–Trinajstić information content (AvgIpc) is 2.37. The first kappa shape index (κ1) is 12.0. The van der Waals surface area contributed by atoms with E-state index in [2.05, 4.69) is 11.3 Å². The number of rotatable bonds is 0. The zero-order valence-electron chi connectivity index (χ0n) is 9.97. The van der Waals surface area contributed by atoms with Crippen LogP contribution >= 0.6 is 0 Å². The molecule has 2 aromatic rings. The first-order valence-corrected chi connectivity index (χ1v) is 5.54. The first-order valence-electron chi connectivity index (χ1n) is 5.54. The molecule has 18 heavy (non-hydrogen) atoms. The quantitative estimate of drug-likeness (QED) is 0.403. The van der Waals surface area contributed by atoms with Crippen LogP contribution in [0.25, 0.3) is 10.8 Å². The number of benzene rings is 2. The highest BCUT2D eigenvalue weighted by Gasteiger charge is 2.26. The topological polar surface area (TPSA) is 43.4 Å². The Labute approximate surface area is 105 Å². The van der Waals surface area contributed by atoms with Gasteiger partial charge in [-0.3, -0.25) is 0 Å². The Bertz CT molecular complexity index is 592. The van der Waals surface area contributed by atoms with Gasteiger partial charge in [0.15, 0.2) is 0 Å². The molecule has 1 heterocycles. The van der Waals surface area contributed by atoms with Crippen molar-refractivity contribution in [2.45, 2.75) is 6.92 Å². The van der Waals surface area contributed by atoms with Crippen molar-refractivity contribution in [2.24, 2.45) is 0 Å². The number of cyclic esters (lactones) is 2. The van der Waals surface area contributed by atoms with E-state index in [1.807, 2.05) is 19.1 Å². The van der Waals surface area contributed by atoms with Crippen LogP contribution in [0.5, 0.6) is 0 Å². The molecule has 0 saturated heterocycles. The summed E-state index contributed by atoms with van der Waals surface area (Å²) >= 11 is 0. The summed E-state index contributed by atoms with van der Waals surface area (Å²) in [5.41, 5.74) is 0.922. The van der Waals surface area contributed by atoms with Gasteiger partial charge in [0.05, 0.1) is 11.1 Å². The van der Waals surface area contributed by atoms with Crippen molar-refractivity contribution in [2.75, 3.05) is 0 Å². The predicted octanol–water partition coefficient (Wildman–Crippen LogP) is 3.34. The summed E-state index contributed by atoms with van der Waals surface area (Å²) in [6.45, 7) is 5.25. The number of carbonyl (C=O) groups excluding carboxylic acids is 2. The maximum absolute atomic E-state index is 11.4. The van der Waals surface area contributed by atoms with E-state index in [1.54, 1.807) is 30.3 Å². The lowest BCUT2D eigenvalue weighted by Crippen LogP contribution is -2.19. The molecule has 1 aliphatic heterocycles. The first-order chi connectivity index (χ1) is 8.69. The highest BCUT2D eigenvalue weighted by Crippen LogP contribution is 2.28. The van der Waals surface area contributed by atoms with E-state index in [0.717, 1.165) is 5.39 Å². The highest BCUT2D eigenvalue weighted by atomic mass is 16.6. The minimum atomic E-state index is -0.565. The van der Waals surface area contributed by atoms with Gasteiger partial charge in [-0.2, -0.15) is 0 Å². The number of hydrogen-bond acceptors (Lipinski definition) is 3. The minimum absolute atomic E-state index is 0.461. The molecule has 0 amide bonds. The lowest BCUT2D eigenvalue weighted by Gasteiger charge is -2.14. The minimum Gasteiger partial charge on any atom is -0.386 e. The van der Waals surface area contributed by atoms with Gasteiger partial charge in [0.25, 0.3) is 0 Å². The molecule has 3 nitrogen and oxygen atoms in total. The zero-order chi connectivity index (χ0) is 13.1. The van der Waals surface area contributed by atoms with Gasteiger partial charge >= 0.3 is 11.9 Å². The van der Waals surface area contributed by atoms with E-state index < -0.39 is 11.9 Å². The number of ether oxygens (including phenoxy) is 1. The van der Waals surface area contributed by atoms with E-state index in [1.165, 1.54) is 0 Å². The van der Waals surface area contributed by atoms with Crippen molar-refractivity contribution in [3.8, 4) is 0 Å². The largest absolute Gasteiger partial charge is 0.386 e. The third-order valence-corrected chi connectivity index (χ3v) is 2.53. The van der Waals surface area contributed by atoms with Gasteiger partial charge < -0.3 is 4.74 Å². The number of hydrogen-bond donors (Lipinski definition) is 0. The molecule has 0 fully saturated rings. The maximum Gasteiger partial charge on any atom is 0.346 e. The summed E-state index contributed by atoms with van der Waals surface area (Å²) in [6.07, 6.45) is 1.75. The van der Waals surface area contributed by atoms with Crippen molar-refractivity contribution in [3.05, 3.63) is 60.2 Å². The fraction of sp³-hybridized carbons (Fsp3) is 0.0667. The number of carbonyl (C=O) groups is 2. The SMILES string of the molecule is C=CC.O=C1OC(=O)c2cccc3cccc1c23. The smallest absolute Gasteiger partial charge is 0.346 e. The summed E-state index contributed by atoms with van der Waals surface area (Å²) in [5.74, 6) is -1.13. The van der Waals surface area contributed by atoms with Crippen molar-refractivity contribution < 1.29 is 14.3 Å². The molecular formula is C15H12O3. The van der Waals surface area contributed by atoms with Crippen LogP contribution in [0.2, 0.25) is 0 Å². The second-order valence-corrected chi connectivity index (χ2v) is 3.79. The fourth-order valence-electron chi connectivity index (χ4n) is 1.88. The van der Waals surface area contributed by atoms with Crippen LogP contribution in [0.3, 0.4) is 0 Å². The molecule has 2 aromatic carbocycles. The molecular weight excluding hydrogens is 228 g/mol. The molecule has 3 rings (SSSR count). The molecule has 0 saturated carbocycles. The molecule has 90 valence electrons. The Kier molecular flexibility index (Phi) is 3.24. The van der Waals surface area contributed by atoms with Crippen LogP contribution in [-0.2, 0) is 4.74 Å². The monoisotopic (exact) mass is 240 g/mol. The Morgan fingerprint density at radius 2 is 1.44 bits per heavy atom. The molecule has 0 spiro atoms. The molecule has 0 aromatic heterocycles. The Morgan fingerprint density at radius 1 is 1.00 bits per heavy atom. The van der Waals surface area contributed by atoms with E-state index in [9.17, 15) is 9.59 Å². The van der Waals surface area contributed by atoms with Crippen LogP contribution in [0.1, 0.15) is 27.6 Å². The Morgan fingerprint density at radius 3 is 1.89 bits per heavy atom. The maximum atomic E-state index is 11.4. The van der Waals surface area contributed by atoms with Gasteiger partial charge in [0, 0.05) is 5.39 Å². The van der Waals surface area contributed by atoms with Gasteiger partial charge in [-0.05, 0) is 24.4 Å². The molecule has 0 radical (unpaired) electrons. The van der Waals surface area contributed by atoms with Crippen molar-refractivity contribution >= 4 is 22.7 Å². The summed E-state index contributed by atoms with van der Waals surface area (Å²) in [5, 5.41) is 1.58. The second kappa shape index (κ2) is 4.84. The molecule has 1 aliphatic rings. The molecule has 3 heteroatoms. The van der Waals surface area contributed by atoms with Crippen LogP contribution in [0, 0.1) is 0 Å². The fourth-order valence-corrected chi connectivity index (χ4v) is 1.88.